The molecule has 0 aliphatic rings. The number of carbonyl (C=O) groups is 1. The molecule has 0 saturated carbocycles. The van der Waals surface area contributed by atoms with Crippen LogP contribution in [0.4, 0.5) is 10.2 Å². The van der Waals surface area contributed by atoms with Gasteiger partial charge in [-0.25, -0.2) is 9.18 Å². The molecule has 2 N–H and O–H groups in total. The number of benzene rings is 1. The van der Waals surface area contributed by atoms with Crippen molar-refractivity contribution in [3.05, 3.63) is 35.8 Å². The Morgan fingerprint density at radius 1 is 1.45 bits per heavy atom. The van der Waals surface area contributed by atoms with Crippen molar-refractivity contribution in [3.8, 4) is 0 Å². The Balaban J connectivity index is 2.47. The molecule has 7 heteroatoms. The van der Waals surface area contributed by atoms with E-state index in [1.54, 1.807) is 13.0 Å². The smallest absolute Gasteiger partial charge is 0.342 e. The third-order valence-electron chi connectivity index (χ3n) is 3.04. The number of halogens is 1. The number of anilines is 1. The predicted octanol–water partition coefficient (Wildman–Crippen LogP) is 1.78. The van der Waals surface area contributed by atoms with Crippen molar-refractivity contribution in [2.75, 3.05) is 12.3 Å². The standard InChI is InChI=1S/C13H11FN4O2/c1-2-20-13(19)11-9-5-7(14)3-4-8(9)10-6-16-17-18(10)12(11)15/h3-6H,2,15H2,1H3. The summed E-state index contributed by atoms with van der Waals surface area (Å²) >= 11 is 0. The van der Waals surface area contributed by atoms with Crippen LogP contribution >= 0.6 is 0 Å². The molecule has 0 fully saturated rings. The van der Waals surface area contributed by atoms with Gasteiger partial charge in [-0.05, 0) is 25.1 Å². The topological polar surface area (TPSA) is 82.5 Å². The average Bonchev–Trinajstić information content (AvgIpc) is 2.88. The van der Waals surface area contributed by atoms with Crippen molar-refractivity contribution >= 4 is 28.1 Å². The van der Waals surface area contributed by atoms with E-state index in [2.05, 4.69) is 10.3 Å². The number of nitrogens with two attached hydrogens (primary N) is 1. The first-order valence-electron chi connectivity index (χ1n) is 6.01. The van der Waals surface area contributed by atoms with E-state index in [1.807, 2.05) is 0 Å². The summed E-state index contributed by atoms with van der Waals surface area (Å²) in [5.74, 6) is -0.994. The summed E-state index contributed by atoms with van der Waals surface area (Å²) in [5, 5.41) is 8.62. The normalized spacial score (nSPS) is 11.1. The number of pyridine rings is 1. The van der Waals surface area contributed by atoms with E-state index in [1.165, 1.54) is 22.8 Å². The third-order valence-corrected chi connectivity index (χ3v) is 3.04. The highest BCUT2D eigenvalue weighted by molar-refractivity contribution is 6.12. The summed E-state index contributed by atoms with van der Waals surface area (Å²) in [4.78, 5) is 12.1. The largest absolute Gasteiger partial charge is 0.462 e. The zero-order valence-corrected chi connectivity index (χ0v) is 10.6. The molecule has 2 heterocycles. The molecular formula is C13H11FN4O2. The van der Waals surface area contributed by atoms with Crippen LogP contribution in [0.3, 0.4) is 0 Å². The van der Waals surface area contributed by atoms with Gasteiger partial charge in [-0.1, -0.05) is 5.21 Å². The van der Waals surface area contributed by atoms with Gasteiger partial charge in [0, 0.05) is 10.8 Å². The first-order chi connectivity index (χ1) is 9.63. The SMILES string of the molecule is CCOC(=O)c1c(N)n2nncc2c2ccc(F)cc12. The van der Waals surface area contributed by atoms with Crippen LogP contribution in [0.1, 0.15) is 17.3 Å². The number of fused-ring (bicyclic) bond motifs is 3. The second-order valence-corrected chi connectivity index (χ2v) is 4.20. The highest BCUT2D eigenvalue weighted by Gasteiger charge is 2.20. The van der Waals surface area contributed by atoms with Crippen LogP contribution < -0.4 is 5.73 Å². The third kappa shape index (κ3) is 1.67. The number of hydrogen-bond acceptors (Lipinski definition) is 5. The number of nitrogen functional groups attached to an aromatic ring is 1. The first-order valence-corrected chi connectivity index (χ1v) is 6.01. The molecule has 20 heavy (non-hydrogen) atoms. The van der Waals surface area contributed by atoms with Crippen molar-refractivity contribution < 1.29 is 13.9 Å². The number of nitrogens with zero attached hydrogens (tertiary/aromatic N) is 3. The van der Waals surface area contributed by atoms with Gasteiger partial charge in [0.2, 0.25) is 0 Å². The number of carbonyl (C=O) groups excluding carboxylic acids is 1. The van der Waals surface area contributed by atoms with Crippen LogP contribution in [0, 0.1) is 5.82 Å². The summed E-state index contributed by atoms with van der Waals surface area (Å²) in [5.41, 5.74) is 6.65. The quantitative estimate of drug-likeness (QED) is 0.720. The zero-order chi connectivity index (χ0) is 14.3. The maximum Gasteiger partial charge on any atom is 0.342 e. The number of rotatable bonds is 2. The molecule has 3 rings (SSSR count). The van der Waals surface area contributed by atoms with Crippen LogP contribution in [0.25, 0.3) is 16.3 Å². The second kappa shape index (κ2) is 4.44. The van der Waals surface area contributed by atoms with E-state index >= 15 is 0 Å². The van der Waals surface area contributed by atoms with E-state index in [9.17, 15) is 9.18 Å². The van der Waals surface area contributed by atoms with Crippen LogP contribution in [0.2, 0.25) is 0 Å². The maximum absolute atomic E-state index is 13.5. The minimum atomic E-state index is -0.613. The van der Waals surface area contributed by atoms with E-state index in [-0.39, 0.29) is 18.0 Å². The molecule has 0 amide bonds. The van der Waals surface area contributed by atoms with E-state index in [0.717, 1.165) is 0 Å². The molecule has 2 aromatic heterocycles. The van der Waals surface area contributed by atoms with Gasteiger partial charge in [0.15, 0.2) is 0 Å². The number of ether oxygens (including phenoxy) is 1. The predicted molar refractivity (Wildman–Crippen MR) is 70.8 cm³/mol. The Hall–Kier alpha value is -2.70. The Morgan fingerprint density at radius 2 is 2.25 bits per heavy atom. The molecule has 0 unspecified atom stereocenters. The van der Waals surface area contributed by atoms with Gasteiger partial charge in [0.25, 0.3) is 0 Å². The Morgan fingerprint density at radius 3 is 3.00 bits per heavy atom. The Bertz CT molecular complexity index is 828. The van der Waals surface area contributed by atoms with E-state index in [0.29, 0.717) is 16.3 Å². The fourth-order valence-corrected chi connectivity index (χ4v) is 2.20. The van der Waals surface area contributed by atoms with Crippen molar-refractivity contribution in [1.82, 2.24) is 14.8 Å². The molecule has 6 nitrogen and oxygen atoms in total. The van der Waals surface area contributed by atoms with Crippen molar-refractivity contribution in [2.24, 2.45) is 0 Å². The lowest BCUT2D eigenvalue weighted by Crippen LogP contribution is -2.13. The molecule has 1 aromatic carbocycles. The highest BCUT2D eigenvalue weighted by Crippen LogP contribution is 2.29. The lowest BCUT2D eigenvalue weighted by Gasteiger charge is -2.11. The Labute approximate surface area is 112 Å². The minimum absolute atomic E-state index is 0.0778. The van der Waals surface area contributed by atoms with Crippen LogP contribution in [0.5, 0.6) is 0 Å². The van der Waals surface area contributed by atoms with Gasteiger partial charge >= 0.3 is 5.97 Å². The van der Waals surface area contributed by atoms with Gasteiger partial charge in [-0.15, -0.1) is 5.10 Å². The summed E-state index contributed by atoms with van der Waals surface area (Å²) in [7, 11) is 0. The Kier molecular flexibility index (Phi) is 2.74. The van der Waals surface area contributed by atoms with Gasteiger partial charge in [0.05, 0.1) is 18.3 Å². The van der Waals surface area contributed by atoms with Crippen molar-refractivity contribution in [2.45, 2.75) is 6.92 Å². The molecule has 0 radical (unpaired) electrons. The van der Waals surface area contributed by atoms with Gasteiger partial charge < -0.3 is 10.5 Å². The van der Waals surface area contributed by atoms with Crippen molar-refractivity contribution in [3.63, 3.8) is 0 Å². The number of aromatic nitrogens is 3. The number of hydrogen-bond donors (Lipinski definition) is 1. The molecule has 0 bridgehead atoms. The van der Waals surface area contributed by atoms with Crippen LogP contribution in [0.15, 0.2) is 24.4 Å². The minimum Gasteiger partial charge on any atom is -0.462 e. The molecule has 0 aliphatic heterocycles. The first kappa shape index (κ1) is 12.3. The molecule has 0 saturated heterocycles. The van der Waals surface area contributed by atoms with E-state index < -0.39 is 11.8 Å². The molecule has 102 valence electrons. The average molecular weight is 274 g/mol. The fourth-order valence-electron chi connectivity index (χ4n) is 2.20. The zero-order valence-electron chi connectivity index (χ0n) is 10.6. The van der Waals surface area contributed by atoms with Gasteiger partial charge in [0.1, 0.15) is 17.2 Å². The van der Waals surface area contributed by atoms with Gasteiger partial charge in [-0.2, -0.15) is 4.52 Å². The summed E-state index contributed by atoms with van der Waals surface area (Å²) in [6.07, 6.45) is 1.51. The summed E-state index contributed by atoms with van der Waals surface area (Å²) < 4.78 is 19.8. The fraction of sp³-hybridized carbons (Fsp3) is 0.154. The lowest BCUT2D eigenvalue weighted by molar-refractivity contribution is 0.0529. The monoisotopic (exact) mass is 274 g/mol. The molecular weight excluding hydrogens is 263 g/mol. The second-order valence-electron chi connectivity index (χ2n) is 4.20. The number of esters is 1. The van der Waals surface area contributed by atoms with Crippen molar-refractivity contribution in [1.29, 1.82) is 0 Å². The molecule has 3 aromatic rings. The summed E-state index contributed by atoms with van der Waals surface area (Å²) in [6, 6.07) is 4.12. The highest BCUT2D eigenvalue weighted by atomic mass is 19.1. The lowest BCUT2D eigenvalue weighted by atomic mass is 10.0. The molecule has 0 atom stereocenters. The van der Waals surface area contributed by atoms with Crippen LogP contribution in [-0.4, -0.2) is 27.4 Å². The van der Waals surface area contributed by atoms with Gasteiger partial charge in [-0.3, -0.25) is 0 Å². The molecule has 0 aliphatic carbocycles. The maximum atomic E-state index is 13.5. The molecule has 0 spiro atoms. The van der Waals surface area contributed by atoms with E-state index in [4.69, 9.17) is 10.5 Å². The summed E-state index contributed by atoms with van der Waals surface area (Å²) in [6.45, 7) is 1.88. The van der Waals surface area contributed by atoms with Crippen LogP contribution in [-0.2, 0) is 4.74 Å².